The van der Waals surface area contributed by atoms with Crippen LogP contribution >= 0.6 is 22.6 Å². The molecule has 2 aromatic carbocycles. The molecular weight excluding hydrogens is 377 g/mol. The van der Waals surface area contributed by atoms with Crippen molar-refractivity contribution < 1.29 is 9.47 Å². The minimum atomic E-state index is 0.101. The number of ether oxygens (including phenoxy) is 2. The average molecular weight is 397 g/mol. The van der Waals surface area contributed by atoms with Crippen molar-refractivity contribution in [1.29, 1.82) is 0 Å². The Kier molecular flexibility index (Phi) is 5.87. The van der Waals surface area contributed by atoms with Crippen molar-refractivity contribution in [2.24, 2.45) is 0 Å². The van der Waals surface area contributed by atoms with Crippen LogP contribution in [0.4, 0.5) is 0 Å². The van der Waals surface area contributed by atoms with Gasteiger partial charge in [-0.2, -0.15) is 0 Å². The highest BCUT2D eigenvalue weighted by Crippen LogP contribution is 2.34. The topological polar surface area (TPSA) is 30.5 Å². The summed E-state index contributed by atoms with van der Waals surface area (Å²) in [5.41, 5.74) is 2.37. The molecule has 1 atom stereocenters. The second-order valence-corrected chi connectivity index (χ2v) is 5.78. The van der Waals surface area contributed by atoms with Gasteiger partial charge in [-0.3, -0.25) is 0 Å². The first-order valence-corrected chi connectivity index (χ1v) is 7.98. The molecule has 0 bridgehead atoms. The molecule has 0 amide bonds. The molecule has 3 nitrogen and oxygen atoms in total. The van der Waals surface area contributed by atoms with E-state index >= 15 is 0 Å². The van der Waals surface area contributed by atoms with Gasteiger partial charge in [-0.1, -0.05) is 25.1 Å². The molecule has 0 saturated heterocycles. The maximum atomic E-state index is 5.55. The van der Waals surface area contributed by atoms with E-state index in [1.54, 1.807) is 14.2 Å². The molecule has 2 aromatic rings. The van der Waals surface area contributed by atoms with Gasteiger partial charge >= 0.3 is 0 Å². The van der Waals surface area contributed by atoms with E-state index in [1.807, 2.05) is 12.1 Å². The van der Waals surface area contributed by atoms with E-state index in [-0.39, 0.29) is 6.04 Å². The molecule has 112 valence electrons. The standard InChI is InChI=1S/C17H20INO2/c1-4-19-17(13-7-5-6-8-15(13)18)14-10-9-12(20-2)11-16(14)21-3/h5-11,17,19H,4H2,1-3H3. The van der Waals surface area contributed by atoms with Crippen molar-refractivity contribution in [2.45, 2.75) is 13.0 Å². The molecule has 0 aromatic heterocycles. The summed E-state index contributed by atoms with van der Waals surface area (Å²) in [6.45, 7) is 2.99. The van der Waals surface area contributed by atoms with Crippen LogP contribution in [0.1, 0.15) is 24.1 Å². The zero-order valence-electron chi connectivity index (χ0n) is 12.5. The summed E-state index contributed by atoms with van der Waals surface area (Å²) >= 11 is 2.37. The first kappa shape index (κ1) is 16.1. The van der Waals surface area contributed by atoms with Crippen LogP contribution < -0.4 is 14.8 Å². The predicted octanol–water partition coefficient (Wildman–Crippen LogP) is 4.01. The van der Waals surface area contributed by atoms with Gasteiger partial charge in [0, 0.05) is 15.2 Å². The second-order valence-electron chi connectivity index (χ2n) is 4.62. The smallest absolute Gasteiger partial charge is 0.127 e. The highest BCUT2D eigenvalue weighted by Gasteiger charge is 2.19. The van der Waals surface area contributed by atoms with Gasteiger partial charge in [0.05, 0.1) is 20.3 Å². The third-order valence-electron chi connectivity index (χ3n) is 3.38. The van der Waals surface area contributed by atoms with Crippen LogP contribution in [0.5, 0.6) is 11.5 Å². The van der Waals surface area contributed by atoms with E-state index < -0.39 is 0 Å². The Morgan fingerprint density at radius 2 is 1.81 bits per heavy atom. The number of hydrogen-bond acceptors (Lipinski definition) is 3. The summed E-state index contributed by atoms with van der Waals surface area (Å²) < 4.78 is 12.1. The van der Waals surface area contributed by atoms with Gasteiger partial charge in [-0.25, -0.2) is 0 Å². The van der Waals surface area contributed by atoms with Gasteiger partial charge in [0.1, 0.15) is 11.5 Å². The fourth-order valence-corrected chi connectivity index (χ4v) is 3.06. The first-order chi connectivity index (χ1) is 10.2. The summed E-state index contributed by atoms with van der Waals surface area (Å²) in [7, 11) is 3.35. The molecule has 1 N–H and O–H groups in total. The molecule has 0 aliphatic carbocycles. The van der Waals surface area contributed by atoms with Crippen LogP contribution in [0.2, 0.25) is 0 Å². The van der Waals surface area contributed by atoms with Crippen molar-refractivity contribution in [2.75, 3.05) is 20.8 Å². The summed E-state index contributed by atoms with van der Waals surface area (Å²) in [6.07, 6.45) is 0. The Hall–Kier alpha value is -1.27. The van der Waals surface area contributed by atoms with E-state index in [2.05, 4.69) is 65.2 Å². The summed E-state index contributed by atoms with van der Waals surface area (Å²) in [5.74, 6) is 1.63. The van der Waals surface area contributed by atoms with Gasteiger partial charge < -0.3 is 14.8 Å². The van der Waals surface area contributed by atoms with E-state index in [0.717, 1.165) is 23.6 Å². The highest BCUT2D eigenvalue weighted by molar-refractivity contribution is 14.1. The quantitative estimate of drug-likeness (QED) is 0.748. The monoisotopic (exact) mass is 397 g/mol. The highest BCUT2D eigenvalue weighted by atomic mass is 127. The third kappa shape index (κ3) is 3.68. The molecule has 0 heterocycles. The van der Waals surface area contributed by atoms with Crippen LogP contribution in [0.25, 0.3) is 0 Å². The minimum absolute atomic E-state index is 0.101. The van der Waals surface area contributed by atoms with Crippen molar-refractivity contribution >= 4 is 22.6 Å². The number of rotatable bonds is 6. The van der Waals surface area contributed by atoms with E-state index in [0.29, 0.717) is 0 Å². The summed E-state index contributed by atoms with van der Waals surface area (Å²) in [4.78, 5) is 0. The number of methoxy groups -OCH3 is 2. The fourth-order valence-electron chi connectivity index (χ4n) is 2.36. The number of hydrogen-bond donors (Lipinski definition) is 1. The lowest BCUT2D eigenvalue weighted by Crippen LogP contribution is -2.23. The molecule has 0 radical (unpaired) electrons. The Morgan fingerprint density at radius 1 is 1.05 bits per heavy atom. The van der Waals surface area contributed by atoms with Crippen molar-refractivity contribution in [3.05, 3.63) is 57.2 Å². The Morgan fingerprint density at radius 3 is 2.43 bits per heavy atom. The molecule has 0 aliphatic heterocycles. The lowest BCUT2D eigenvalue weighted by atomic mass is 9.97. The first-order valence-electron chi connectivity index (χ1n) is 6.91. The number of halogens is 1. The average Bonchev–Trinajstić information content (AvgIpc) is 2.53. The second kappa shape index (κ2) is 7.66. The van der Waals surface area contributed by atoms with Crippen molar-refractivity contribution in [1.82, 2.24) is 5.32 Å². The number of nitrogens with one attached hydrogen (secondary N) is 1. The van der Waals surface area contributed by atoms with Crippen LogP contribution in [-0.4, -0.2) is 20.8 Å². The van der Waals surface area contributed by atoms with Crippen LogP contribution in [0, 0.1) is 3.57 Å². The van der Waals surface area contributed by atoms with Gasteiger partial charge in [-0.15, -0.1) is 0 Å². The zero-order valence-corrected chi connectivity index (χ0v) is 14.7. The lowest BCUT2D eigenvalue weighted by Gasteiger charge is -2.22. The van der Waals surface area contributed by atoms with Gasteiger partial charge in [0.2, 0.25) is 0 Å². The minimum Gasteiger partial charge on any atom is -0.497 e. The Bertz CT molecular complexity index is 601. The van der Waals surface area contributed by atoms with Crippen LogP contribution in [0.3, 0.4) is 0 Å². The normalized spacial score (nSPS) is 12.0. The van der Waals surface area contributed by atoms with Crippen LogP contribution in [-0.2, 0) is 0 Å². The van der Waals surface area contributed by atoms with Crippen molar-refractivity contribution in [3.8, 4) is 11.5 Å². The van der Waals surface area contributed by atoms with Crippen molar-refractivity contribution in [3.63, 3.8) is 0 Å². The molecular formula is C17H20INO2. The number of benzene rings is 2. The van der Waals surface area contributed by atoms with E-state index in [4.69, 9.17) is 9.47 Å². The molecule has 1 unspecified atom stereocenters. The molecule has 21 heavy (non-hydrogen) atoms. The van der Waals surface area contributed by atoms with Gasteiger partial charge in [0.15, 0.2) is 0 Å². The molecule has 4 heteroatoms. The molecule has 2 rings (SSSR count). The Labute approximate surface area is 139 Å². The van der Waals surface area contributed by atoms with E-state index in [9.17, 15) is 0 Å². The fraction of sp³-hybridized carbons (Fsp3) is 0.294. The summed E-state index contributed by atoms with van der Waals surface area (Å²) in [6, 6.07) is 14.5. The zero-order chi connectivity index (χ0) is 15.2. The lowest BCUT2D eigenvalue weighted by molar-refractivity contribution is 0.387. The Balaban J connectivity index is 2.50. The third-order valence-corrected chi connectivity index (χ3v) is 4.36. The maximum Gasteiger partial charge on any atom is 0.127 e. The molecule has 0 fully saturated rings. The van der Waals surface area contributed by atoms with Crippen LogP contribution in [0.15, 0.2) is 42.5 Å². The predicted molar refractivity (Wildman–Crippen MR) is 94.2 cm³/mol. The molecule has 0 aliphatic rings. The molecule has 0 spiro atoms. The van der Waals surface area contributed by atoms with Gasteiger partial charge in [0.25, 0.3) is 0 Å². The van der Waals surface area contributed by atoms with Gasteiger partial charge in [-0.05, 0) is 52.9 Å². The SMILES string of the molecule is CCNC(c1ccccc1I)c1ccc(OC)cc1OC. The van der Waals surface area contributed by atoms with E-state index in [1.165, 1.54) is 9.13 Å². The molecule has 0 saturated carbocycles. The largest absolute Gasteiger partial charge is 0.497 e. The maximum absolute atomic E-state index is 5.55. The summed E-state index contributed by atoms with van der Waals surface area (Å²) in [5, 5.41) is 3.54.